The first-order valence-electron chi connectivity index (χ1n) is 18.7. The predicted octanol–water partition coefficient (Wildman–Crippen LogP) is -1.17. The average Bonchev–Trinajstić information content (AvgIpc) is 3.87. The van der Waals surface area contributed by atoms with Crippen molar-refractivity contribution in [2.45, 2.75) is 101 Å². The Labute approximate surface area is 324 Å². The summed E-state index contributed by atoms with van der Waals surface area (Å²) in [5.41, 5.74) is 3.00. The fourth-order valence-corrected chi connectivity index (χ4v) is 6.10. The summed E-state index contributed by atoms with van der Waals surface area (Å²) in [4.78, 5) is 37.4. The fraction of sp³-hybridized carbons (Fsp3) is 0.639. The van der Waals surface area contributed by atoms with Gasteiger partial charge in [-0.05, 0) is 31.7 Å². The maximum Gasteiger partial charge on any atom is 0.364 e. The van der Waals surface area contributed by atoms with Crippen molar-refractivity contribution in [2.75, 3.05) is 46.7 Å². The van der Waals surface area contributed by atoms with Crippen molar-refractivity contribution >= 4 is 17.8 Å². The minimum absolute atomic E-state index is 0.0536. The summed E-state index contributed by atoms with van der Waals surface area (Å²) in [5, 5.41) is 73.9. The van der Waals surface area contributed by atoms with Crippen LogP contribution in [0.2, 0.25) is 0 Å². The molecule has 1 aliphatic rings. The molecule has 0 aliphatic carbocycles. The Morgan fingerprint density at radius 3 is 2.43 bits per heavy atom. The summed E-state index contributed by atoms with van der Waals surface area (Å²) in [7, 11) is 1.61. The van der Waals surface area contributed by atoms with Crippen LogP contribution >= 0.6 is 0 Å². The number of hydrogen-bond acceptors (Lipinski definition) is 15. The van der Waals surface area contributed by atoms with Crippen LogP contribution < -0.4 is 10.6 Å². The molecule has 6 atom stereocenters. The van der Waals surface area contributed by atoms with Gasteiger partial charge in [-0.25, -0.2) is 9.48 Å². The zero-order valence-corrected chi connectivity index (χ0v) is 31.7. The van der Waals surface area contributed by atoms with Gasteiger partial charge < -0.3 is 55.1 Å². The van der Waals surface area contributed by atoms with Crippen molar-refractivity contribution in [1.82, 2.24) is 40.6 Å². The number of hydrogen-bond donors (Lipinski definition) is 7. The van der Waals surface area contributed by atoms with Crippen LogP contribution in [0.1, 0.15) is 50.3 Å². The molecule has 7 N–H and O–H groups in total. The molecule has 0 bridgehead atoms. The van der Waals surface area contributed by atoms with Gasteiger partial charge in [0, 0.05) is 38.4 Å². The molecular weight excluding hydrogens is 736 g/mol. The zero-order chi connectivity index (χ0) is 40.5. The summed E-state index contributed by atoms with van der Waals surface area (Å²) in [5.74, 6) is -5.43. The van der Waals surface area contributed by atoms with E-state index in [1.54, 1.807) is 46.9 Å². The first-order valence-corrected chi connectivity index (χ1v) is 18.7. The van der Waals surface area contributed by atoms with Crippen LogP contribution in [0.15, 0.2) is 36.7 Å². The normalized spacial score (nSPS) is 20.7. The summed E-state index contributed by atoms with van der Waals surface area (Å²) in [6.07, 6.45) is -0.626. The molecule has 20 nitrogen and oxygen atoms in total. The van der Waals surface area contributed by atoms with Gasteiger partial charge in [-0.2, -0.15) is 0 Å². The number of carbonyl (C=O) groups is 3. The zero-order valence-electron chi connectivity index (χ0n) is 31.7. The van der Waals surface area contributed by atoms with Gasteiger partial charge in [-0.15, -0.1) is 10.2 Å². The van der Waals surface area contributed by atoms with E-state index in [9.17, 15) is 39.9 Å². The number of carbonyl (C=O) groups excluding carboxylic acids is 2. The molecule has 0 unspecified atom stereocenters. The Kier molecular flexibility index (Phi) is 17.7. The van der Waals surface area contributed by atoms with E-state index in [1.807, 2.05) is 13.1 Å². The largest absolute Gasteiger partial charge is 0.477 e. The van der Waals surface area contributed by atoms with Gasteiger partial charge in [0.15, 0.2) is 0 Å². The fourth-order valence-electron chi connectivity index (χ4n) is 6.10. The second-order valence-corrected chi connectivity index (χ2v) is 13.4. The molecule has 3 aromatic rings. The molecule has 20 heteroatoms. The van der Waals surface area contributed by atoms with Crippen molar-refractivity contribution in [3.8, 4) is 11.3 Å². The van der Waals surface area contributed by atoms with E-state index in [1.165, 1.54) is 0 Å². The quantitative estimate of drug-likeness (QED) is 0.0498. The summed E-state index contributed by atoms with van der Waals surface area (Å²) < 4.78 is 25.3. The monoisotopic (exact) mass is 790 g/mol. The Balaban J connectivity index is 1.27. The van der Waals surface area contributed by atoms with E-state index in [-0.39, 0.29) is 13.0 Å². The van der Waals surface area contributed by atoms with Gasteiger partial charge >= 0.3 is 5.97 Å². The van der Waals surface area contributed by atoms with Crippen molar-refractivity contribution in [3.05, 3.63) is 47.9 Å². The number of nitrogens with zero attached hydrogens (tertiary/aromatic N) is 6. The average molecular weight is 791 g/mol. The molecule has 1 fully saturated rings. The highest BCUT2D eigenvalue weighted by molar-refractivity contribution is 5.79. The number of amides is 2. The van der Waals surface area contributed by atoms with Gasteiger partial charge in [0.25, 0.3) is 5.79 Å². The molecule has 1 saturated heterocycles. The number of aliphatic carboxylic acids is 1. The van der Waals surface area contributed by atoms with Gasteiger partial charge in [0.2, 0.25) is 11.8 Å². The van der Waals surface area contributed by atoms with Gasteiger partial charge in [0.1, 0.15) is 24.5 Å². The molecule has 2 aromatic heterocycles. The van der Waals surface area contributed by atoms with E-state index in [2.05, 4.69) is 31.3 Å². The molecule has 1 aromatic carbocycles. The Bertz CT molecular complexity index is 1660. The number of benzene rings is 1. The maximum absolute atomic E-state index is 12.8. The molecule has 0 spiro atoms. The number of aliphatic hydroxyl groups excluding tert-OH is 4. The third kappa shape index (κ3) is 13.1. The topological polar surface area (TPSA) is 275 Å². The van der Waals surface area contributed by atoms with E-state index >= 15 is 0 Å². The van der Waals surface area contributed by atoms with Crippen molar-refractivity contribution in [2.24, 2.45) is 0 Å². The van der Waals surface area contributed by atoms with Crippen LogP contribution in [0.4, 0.5) is 0 Å². The molecule has 4 rings (SSSR count). The number of aromatic nitrogens is 6. The Hall–Kier alpha value is -4.41. The molecule has 3 heterocycles. The van der Waals surface area contributed by atoms with Gasteiger partial charge in [0.05, 0.1) is 69.5 Å². The predicted molar refractivity (Wildman–Crippen MR) is 196 cm³/mol. The van der Waals surface area contributed by atoms with Crippen molar-refractivity contribution in [3.63, 3.8) is 0 Å². The lowest BCUT2D eigenvalue weighted by Crippen LogP contribution is -2.68. The molecule has 0 saturated carbocycles. The first-order chi connectivity index (χ1) is 27.0. The van der Waals surface area contributed by atoms with Crippen LogP contribution in [0.3, 0.4) is 0 Å². The number of nitrogens with one attached hydrogen (secondary N) is 2. The highest BCUT2D eigenvalue weighted by Gasteiger charge is 2.55. The van der Waals surface area contributed by atoms with Gasteiger partial charge in [-0.3, -0.25) is 14.3 Å². The van der Waals surface area contributed by atoms with Crippen LogP contribution in [0.5, 0.6) is 0 Å². The SMILES string of the molecule is CCn1cc(-c2ccc(CC(=O)NC[C@@H](O)[C@@H](O)[C@@H]3O[C@@](OCCCCCCc4cn(CCOCCOC)nn4)(C(=O)O)C[C@H](O)[C@H]3NC(=O)CO)cc2)nn1. The second kappa shape index (κ2) is 22.4. The Morgan fingerprint density at radius 2 is 1.73 bits per heavy atom. The number of aliphatic hydroxyl groups is 4. The van der Waals surface area contributed by atoms with E-state index in [4.69, 9.17) is 18.9 Å². The first kappa shape index (κ1) is 44.3. The molecule has 310 valence electrons. The third-order valence-corrected chi connectivity index (χ3v) is 9.23. The van der Waals surface area contributed by atoms with Crippen molar-refractivity contribution < 1.29 is 58.9 Å². The van der Waals surface area contributed by atoms with E-state index < -0.39 is 73.6 Å². The highest BCUT2D eigenvalue weighted by Crippen LogP contribution is 2.34. The number of ether oxygens (including phenoxy) is 4. The Morgan fingerprint density at radius 1 is 0.982 bits per heavy atom. The summed E-state index contributed by atoms with van der Waals surface area (Å²) >= 11 is 0. The number of aryl methyl sites for hydroxylation is 2. The summed E-state index contributed by atoms with van der Waals surface area (Å²) in [6.45, 7) is 3.19. The standard InChI is InChI=1S/C36H54N8O12/c1-3-43-22-27(40-42-43)25-11-9-24(10-12-25)18-30(48)37-20-29(47)33(50)34-32(38-31(49)23-45)28(46)19-36(56-34,35(51)52)55-14-7-5-4-6-8-26-21-44(41-39-26)13-15-54-17-16-53-2/h9-12,21-22,28-29,32-34,45-47,50H,3-8,13-20,23H2,1-2H3,(H,37,48)(H,38,49)(H,51,52)/t28-,29+,32+,33+,34+,36+/m0/s1. The van der Waals surface area contributed by atoms with E-state index in [0.29, 0.717) is 63.4 Å². The molecular formula is C36H54N8O12. The van der Waals surface area contributed by atoms with E-state index in [0.717, 1.165) is 24.1 Å². The molecule has 0 radical (unpaired) electrons. The lowest BCUT2D eigenvalue weighted by atomic mass is 9.88. The number of methoxy groups -OCH3 is 1. The highest BCUT2D eigenvalue weighted by atomic mass is 16.7. The number of carboxylic acid groups (broad SMARTS) is 1. The third-order valence-electron chi connectivity index (χ3n) is 9.23. The molecule has 1 aliphatic heterocycles. The second-order valence-electron chi connectivity index (χ2n) is 13.4. The lowest BCUT2D eigenvalue weighted by molar-refractivity contribution is -0.310. The maximum atomic E-state index is 12.8. The number of carboxylic acids is 1. The molecule has 56 heavy (non-hydrogen) atoms. The van der Waals surface area contributed by atoms with Crippen LogP contribution in [-0.4, -0.2) is 156 Å². The minimum atomic E-state index is -2.43. The number of unbranched alkanes of at least 4 members (excludes halogenated alkanes) is 3. The van der Waals surface area contributed by atoms with Crippen LogP contribution in [0.25, 0.3) is 11.3 Å². The van der Waals surface area contributed by atoms with Crippen molar-refractivity contribution in [1.29, 1.82) is 0 Å². The van der Waals surface area contributed by atoms with Gasteiger partial charge in [-0.1, -0.05) is 47.5 Å². The minimum Gasteiger partial charge on any atom is -0.477 e. The molecule has 2 amide bonds. The van der Waals surface area contributed by atoms with Crippen LogP contribution in [0, 0.1) is 0 Å². The summed E-state index contributed by atoms with van der Waals surface area (Å²) in [6, 6.07) is 5.66. The number of rotatable bonds is 25. The van der Waals surface area contributed by atoms with Crippen LogP contribution in [-0.2, 0) is 59.3 Å². The smallest absolute Gasteiger partial charge is 0.364 e. The lowest BCUT2D eigenvalue weighted by Gasteiger charge is -2.46.